The van der Waals surface area contributed by atoms with E-state index in [1.807, 2.05) is 41.5 Å². The summed E-state index contributed by atoms with van der Waals surface area (Å²) in [6.07, 6.45) is 0. The van der Waals surface area contributed by atoms with Gasteiger partial charge in [-0.25, -0.2) is 0 Å². The van der Waals surface area contributed by atoms with Crippen LogP contribution in [0.4, 0.5) is 0 Å². The van der Waals surface area contributed by atoms with Gasteiger partial charge in [0.05, 0.1) is 11.1 Å². The summed E-state index contributed by atoms with van der Waals surface area (Å²) >= 11 is 0. The Morgan fingerprint density at radius 1 is 0.733 bits per heavy atom. The maximum absolute atomic E-state index is 9.00. The minimum absolute atomic E-state index is 0.262. The molecular formula is C13H18N2. The van der Waals surface area contributed by atoms with Crippen molar-refractivity contribution < 1.29 is 0 Å². The molecule has 0 spiro atoms. The van der Waals surface area contributed by atoms with Crippen LogP contribution in [0, 0.1) is 33.5 Å². The molecule has 0 aliphatic heterocycles. The van der Waals surface area contributed by atoms with Gasteiger partial charge >= 0.3 is 0 Å². The second kappa shape index (κ2) is 4.35. The summed E-state index contributed by atoms with van der Waals surface area (Å²) in [5.74, 6) is 0. The van der Waals surface area contributed by atoms with Gasteiger partial charge in [-0.2, -0.15) is 10.5 Å². The molecule has 80 valence electrons. The lowest BCUT2D eigenvalue weighted by Gasteiger charge is -2.18. The van der Waals surface area contributed by atoms with Gasteiger partial charge in [-0.1, -0.05) is 47.3 Å². The van der Waals surface area contributed by atoms with E-state index in [-0.39, 0.29) is 10.8 Å². The lowest BCUT2D eigenvalue weighted by molar-refractivity contribution is 0.508. The first kappa shape index (κ1) is 13.5. The molecule has 0 aliphatic rings. The van der Waals surface area contributed by atoms with E-state index in [9.17, 15) is 0 Å². The first-order valence-corrected chi connectivity index (χ1v) is 4.95. The van der Waals surface area contributed by atoms with E-state index < -0.39 is 0 Å². The molecule has 0 saturated heterocycles. The predicted octanol–water partition coefficient (Wildman–Crippen LogP) is 3.58. The van der Waals surface area contributed by atoms with Crippen LogP contribution in [0.1, 0.15) is 41.5 Å². The van der Waals surface area contributed by atoms with Crippen LogP contribution in [0.2, 0.25) is 0 Å². The first-order valence-electron chi connectivity index (χ1n) is 4.95. The minimum atomic E-state index is -0.262. The van der Waals surface area contributed by atoms with Crippen LogP contribution in [0.5, 0.6) is 0 Å². The van der Waals surface area contributed by atoms with Gasteiger partial charge in [0, 0.05) is 10.8 Å². The molecule has 0 amide bonds. The molecule has 2 nitrogen and oxygen atoms in total. The zero-order valence-electron chi connectivity index (χ0n) is 10.4. The molecule has 0 aromatic rings. The highest BCUT2D eigenvalue weighted by Crippen LogP contribution is 2.28. The molecule has 0 aromatic heterocycles. The van der Waals surface area contributed by atoms with E-state index in [2.05, 4.69) is 17.9 Å². The Kier molecular flexibility index (Phi) is 3.91. The first-order chi connectivity index (χ1) is 6.62. The summed E-state index contributed by atoms with van der Waals surface area (Å²) in [6.45, 7) is 11.6. The Morgan fingerprint density at radius 2 is 1.00 bits per heavy atom. The predicted molar refractivity (Wildman–Crippen MR) is 60.7 cm³/mol. The monoisotopic (exact) mass is 202 g/mol. The normalized spacial score (nSPS) is 10.9. The van der Waals surface area contributed by atoms with Gasteiger partial charge in [0.15, 0.2) is 0 Å². The topological polar surface area (TPSA) is 47.6 Å². The lowest BCUT2D eigenvalue weighted by atomic mass is 9.83. The quantitative estimate of drug-likeness (QED) is 0.445. The largest absolute Gasteiger partial charge is 0.192 e. The lowest BCUT2D eigenvalue weighted by Crippen LogP contribution is -2.10. The van der Waals surface area contributed by atoms with E-state index in [1.54, 1.807) is 0 Å². The zero-order valence-corrected chi connectivity index (χ0v) is 10.4. The SMILES string of the molecule is CC(C)(C)C(=C=C(C#N)C(C)(C)C)C#N. The van der Waals surface area contributed by atoms with Crippen LogP contribution >= 0.6 is 0 Å². The highest BCUT2D eigenvalue weighted by atomic mass is 14.3. The summed E-state index contributed by atoms with van der Waals surface area (Å²) in [5, 5.41) is 18.0. The number of nitriles is 2. The van der Waals surface area contributed by atoms with Crippen LogP contribution in [0.25, 0.3) is 0 Å². The van der Waals surface area contributed by atoms with Crippen LogP contribution in [0.15, 0.2) is 16.9 Å². The van der Waals surface area contributed by atoms with Crippen molar-refractivity contribution in [1.29, 1.82) is 10.5 Å². The average Bonchev–Trinajstić information content (AvgIpc) is 2.01. The third kappa shape index (κ3) is 4.03. The summed E-state index contributed by atoms with van der Waals surface area (Å²) in [6, 6.07) is 4.22. The molecule has 0 fully saturated rings. The maximum atomic E-state index is 9.00. The van der Waals surface area contributed by atoms with Crippen molar-refractivity contribution in [2.45, 2.75) is 41.5 Å². The van der Waals surface area contributed by atoms with E-state index in [4.69, 9.17) is 10.5 Å². The molecular weight excluding hydrogens is 184 g/mol. The van der Waals surface area contributed by atoms with Crippen molar-refractivity contribution in [2.75, 3.05) is 0 Å². The molecule has 0 atom stereocenters. The fourth-order valence-electron chi connectivity index (χ4n) is 0.891. The third-order valence-electron chi connectivity index (χ3n) is 1.97. The molecule has 0 aromatic carbocycles. The van der Waals surface area contributed by atoms with Crippen molar-refractivity contribution in [3.63, 3.8) is 0 Å². The molecule has 0 rings (SSSR count). The van der Waals surface area contributed by atoms with Crippen molar-refractivity contribution in [3.8, 4) is 12.1 Å². The molecule has 0 radical (unpaired) electrons. The van der Waals surface area contributed by atoms with Gasteiger partial charge in [0.1, 0.15) is 12.1 Å². The van der Waals surface area contributed by atoms with E-state index in [0.717, 1.165) is 0 Å². The van der Waals surface area contributed by atoms with Crippen molar-refractivity contribution in [2.24, 2.45) is 10.8 Å². The highest BCUT2D eigenvalue weighted by molar-refractivity contribution is 5.35. The Hall–Kier alpha value is -1.50. The van der Waals surface area contributed by atoms with Gasteiger partial charge in [0.25, 0.3) is 0 Å². The second-order valence-electron chi connectivity index (χ2n) is 5.60. The Balaban J connectivity index is 5.79. The van der Waals surface area contributed by atoms with Crippen LogP contribution in [0.3, 0.4) is 0 Å². The summed E-state index contributed by atoms with van der Waals surface area (Å²) in [5.41, 5.74) is 3.47. The van der Waals surface area contributed by atoms with Crippen LogP contribution in [-0.2, 0) is 0 Å². The van der Waals surface area contributed by atoms with Crippen molar-refractivity contribution in [1.82, 2.24) is 0 Å². The Labute approximate surface area is 92.5 Å². The van der Waals surface area contributed by atoms with E-state index in [0.29, 0.717) is 11.1 Å². The molecule has 0 N–H and O–H groups in total. The van der Waals surface area contributed by atoms with Gasteiger partial charge in [0.2, 0.25) is 0 Å². The summed E-state index contributed by atoms with van der Waals surface area (Å²) in [7, 11) is 0. The zero-order chi connectivity index (χ0) is 12.3. The highest BCUT2D eigenvalue weighted by Gasteiger charge is 2.20. The van der Waals surface area contributed by atoms with Gasteiger partial charge in [-0.15, -0.1) is 0 Å². The molecule has 0 aliphatic carbocycles. The van der Waals surface area contributed by atoms with E-state index >= 15 is 0 Å². The molecule has 0 unspecified atom stereocenters. The summed E-state index contributed by atoms with van der Waals surface area (Å²) < 4.78 is 0. The Bertz CT molecular complexity index is 344. The maximum Gasteiger partial charge on any atom is 0.104 e. The fourth-order valence-corrected chi connectivity index (χ4v) is 0.891. The average molecular weight is 202 g/mol. The van der Waals surface area contributed by atoms with Crippen molar-refractivity contribution in [3.05, 3.63) is 16.9 Å². The van der Waals surface area contributed by atoms with Gasteiger partial charge in [-0.05, 0) is 0 Å². The van der Waals surface area contributed by atoms with Crippen LogP contribution in [-0.4, -0.2) is 0 Å². The molecule has 15 heavy (non-hydrogen) atoms. The van der Waals surface area contributed by atoms with Gasteiger partial charge < -0.3 is 0 Å². The smallest absolute Gasteiger partial charge is 0.104 e. The number of nitrogens with zero attached hydrogens (tertiary/aromatic N) is 2. The standard InChI is InChI=1S/C13H18N2/c1-12(2,3)10(8-14)7-11(9-15)13(4,5)6/h1-6H3. The number of hydrogen-bond acceptors (Lipinski definition) is 2. The van der Waals surface area contributed by atoms with Gasteiger partial charge in [-0.3, -0.25) is 0 Å². The summed E-state index contributed by atoms with van der Waals surface area (Å²) in [4.78, 5) is 0. The Morgan fingerprint density at radius 3 is 1.13 bits per heavy atom. The van der Waals surface area contributed by atoms with E-state index in [1.165, 1.54) is 0 Å². The third-order valence-corrected chi connectivity index (χ3v) is 1.97. The van der Waals surface area contributed by atoms with Crippen molar-refractivity contribution >= 4 is 0 Å². The molecule has 0 bridgehead atoms. The second-order valence-corrected chi connectivity index (χ2v) is 5.60. The number of allylic oxidation sites excluding steroid dienone is 1. The fraction of sp³-hybridized carbons (Fsp3) is 0.615. The number of hydrogen-bond donors (Lipinski definition) is 0. The molecule has 0 saturated carbocycles. The molecule has 2 heteroatoms. The van der Waals surface area contributed by atoms with Crippen LogP contribution < -0.4 is 0 Å². The number of rotatable bonds is 0. The minimum Gasteiger partial charge on any atom is -0.192 e. The molecule has 0 heterocycles.